The van der Waals surface area contributed by atoms with Gasteiger partial charge < -0.3 is 19.1 Å². The van der Waals surface area contributed by atoms with E-state index in [1.807, 2.05) is 4.90 Å². The minimum absolute atomic E-state index is 0.190. The number of nitrogens with zero attached hydrogens (tertiary/aromatic N) is 3. The largest absolute Gasteiger partial charge is 0.463 e. The first-order valence-electron chi connectivity index (χ1n) is 8.24. The fourth-order valence-electron chi connectivity index (χ4n) is 3.78. The van der Waals surface area contributed by atoms with Crippen molar-refractivity contribution >= 4 is 11.6 Å². The molecule has 1 aromatic rings. The second-order valence-corrected chi connectivity index (χ2v) is 6.58. The predicted octanol–water partition coefficient (Wildman–Crippen LogP) is 1.41. The number of piperazine rings is 1. The molecular formula is C17H23N3O2. The molecule has 0 bridgehead atoms. The van der Waals surface area contributed by atoms with E-state index in [1.165, 1.54) is 11.3 Å². The lowest BCUT2D eigenvalue weighted by Crippen LogP contribution is -2.45. The minimum atomic E-state index is 0.190. The Bertz CT molecular complexity index is 599. The predicted molar refractivity (Wildman–Crippen MR) is 84.2 cm³/mol. The molecule has 4 rings (SSSR count). The number of likely N-dealkylation sites (tertiary alicyclic amines) is 1. The molecule has 5 heteroatoms. The lowest BCUT2D eigenvalue weighted by Gasteiger charge is -2.38. The van der Waals surface area contributed by atoms with Crippen molar-refractivity contribution in [3.8, 4) is 0 Å². The van der Waals surface area contributed by atoms with Crippen LogP contribution in [0.3, 0.4) is 0 Å². The summed E-state index contributed by atoms with van der Waals surface area (Å²) in [5.41, 5.74) is 2.42. The van der Waals surface area contributed by atoms with Crippen LogP contribution in [0.1, 0.15) is 24.2 Å². The maximum atomic E-state index is 12.1. The van der Waals surface area contributed by atoms with Gasteiger partial charge in [-0.3, -0.25) is 4.79 Å². The average molecular weight is 301 g/mol. The van der Waals surface area contributed by atoms with E-state index in [2.05, 4.69) is 29.0 Å². The van der Waals surface area contributed by atoms with Crippen LogP contribution in [0.15, 0.2) is 22.8 Å². The monoisotopic (exact) mass is 301 g/mol. The van der Waals surface area contributed by atoms with E-state index in [0.717, 1.165) is 51.3 Å². The molecule has 0 saturated carbocycles. The highest BCUT2D eigenvalue weighted by molar-refractivity contribution is 5.79. The topological polar surface area (TPSA) is 39.9 Å². The van der Waals surface area contributed by atoms with E-state index in [0.29, 0.717) is 12.3 Å². The number of amides is 1. The molecule has 2 aliphatic heterocycles. The molecule has 3 heterocycles. The second-order valence-electron chi connectivity index (χ2n) is 6.58. The van der Waals surface area contributed by atoms with Crippen molar-refractivity contribution in [2.75, 3.05) is 39.8 Å². The lowest BCUT2D eigenvalue weighted by atomic mass is 9.96. The van der Waals surface area contributed by atoms with Crippen molar-refractivity contribution in [3.63, 3.8) is 0 Å². The van der Waals surface area contributed by atoms with Gasteiger partial charge in [0.2, 0.25) is 5.91 Å². The quantitative estimate of drug-likeness (QED) is 0.828. The molecule has 1 unspecified atom stereocenters. The van der Waals surface area contributed by atoms with Crippen LogP contribution >= 0.6 is 0 Å². The van der Waals surface area contributed by atoms with E-state index in [1.54, 1.807) is 6.26 Å². The lowest BCUT2D eigenvalue weighted by molar-refractivity contribution is -0.128. The highest BCUT2D eigenvalue weighted by Crippen LogP contribution is 2.33. The first kappa shape index (κ1) is 13.9. The highest BCUT2D eigenvalue weighted by Gasteiger charge is 2.33. The maximum absolute atomic E-state index is 12.1. The summed E-state index contributed by atoms with van der Waals surface area (Å²) in [6.07, 6.45) is 6.62. The normalized spacial score (nSPS) is 26.3. The van der Waals surface area contributed by atoms with Crippen LogP contribution in [0.25, 0.3) is 5.70 Å². The smallest absolute Gasteiger partial charge is 0.223 e. The Morgan fingerprint density at radius 3 is 2.73 bits per heavy atom. The van der Waals surface area contributed by atoms with Crippen molar-refractivity contribution in [3.05, 3.63) is 29.7 Å². The van der Waals surface area contributed by atoms with Crippen LogP contribution in [0.2, 0.25) is 0 Å². The number of rotatable bonds is 2. The number of carbonyl (C=O) groups excluding carboxylic acids is 1. The second kappa shape index (κ2) is 5.47. The molecule has 0 aromatic carbocycles. The number of likely N-dealkylation sites (N-methyl/N-ethyl adjacent to an activating group) is 1. The third-order valence-corrected chi connectivity index (χ3v) is 5.11. The third-order valence-electron chi connectivity index (χ3n) is 5.11. The summed E-state index contributed by atoms with van der Waals surface area (Å²) in [5.74, 6) is 1.30. The van der Waals surface area contributed by atoms with Crippen molar-refractivity contribution in [1.82, 2.24) is 14.7 Å². The van der Waals surface area contributed by atoms with Gasteiger partial charge in [-0.15, -0.1) is 0 Å². The van der Waals surface area contributed by atoms with Gasteiger partial charge >= 0.3 is 0 Å². The van der Waals surface area contributed by atoms with Crippen molar-refractivity contribution in [2.45, 2.75) is 25.3 Å². The molecule has 1 amide bonds. The van der Waals surface area contributed by atoms with Gasteiger partial charge in [0, 0.05) is 51.1 Å². The molecule has 0 N–H and O–H groups in total. The van der Waals surface area contributed by atoms with Gasteiger partial charge in [-0.25, -0.2) is 0 Å². The van der Waals surface area contributed by atoms with Crippen molar-refractivity contribution < 1.29 is 9.21 Å². The molecular weight excluding hydrogens is 278 g/mol. The van der Waals surface area contributed by atoms with E-state index in [4.69, 9.17) is 4.42 Å². The van der Waals surface area contributed by atoms with Crippen LogP contribution in [0.4, 0.5) is 0 Å². The minimum Gasteiger partial charge on any atom is -0.463 e. The van der Waals surface area contributed by atoms with Gasteiger partial charge in [-0.2, -0.15) is 0 Å². The number of hydrogen-bond donors (Lipinski definition) is 0. The molecule has 5 nitrogen and oxygen atoms in total. The average Bonchev–Trinajstić information content (AvgIpc) is 3.15. The fourth-order valence-corrected chi connectivity index (χ4v) is 3.78. The zero-order valence-corrected chi connectivity index (χ0v) is 13.1. The van der Waals surface area contributed by atoms with Crippen molar-refractivity contribution in [1.29, 1.82) is 0 Å². The fraction of sp³-hybridized carbons (Fsp3) is 0.588. The van der Waals surface area contributed by atoms with E-state index < -0.39 is 0 Å². The van der Waals surface area contributed by atoms with Gasteiger partial charge in [-0.1, -0.05) is 0 Å². The summed E-state index contributed by atoms with van der Waals surface area (Å²) >= 11 is 0. The van der Waals surface area contributed by atoms with Gasteiger partial charge in [0.15, 0.2) is 5.76 Å². The number of carbonyl (C=O) groups is 1. The summed E-state index contributed by atoms with van der Waals surface area (Å²) in [5, 5.41) is 0. The number of fused-ring (bicyclic) bond motifs is 1. The molecule has 2 fully saturated rings. The molecule has 118 valence electrons. The van der Waals surface area contributed by atoms with E-state index >= 15 is 0 Å². The Balaban J connectivity index is 1.64. The summed E-state index contributed by atoms with van der Waals surface area (Å²) in [6, 6.07) is 2.25. The Labute approximate surface area is 131 Å². The van der Waals surface area contributed by atoms with Gasteiger partial charge in [-0.05, 0) is 25.6 Å². The first-order chi connectivity index (χ1) is 10.7. The Kier molecular flexibility index (Phi) is 3.45. The van der Waals surface area contributed by atoms with E-state index in [-0.39, 0.29) is 6.04 Å². The first-order valence-corrected chi connectivity index (χ1v) is 8.24. The molecule has 1 aromatic heterocycles. The maximum Gasteiger partial charge on any atom is 0.223 e. The Morgan fingerprint density at radius 2 is 2.00 bits per heavy atom. The number of hydrogen-bond acceptors (Lipinski definition) is 4. The molecule has 22 heavy (non-hydrogen) atoms. The van der Waals surface area contributed by atoms with Gasteiger partial charge in [0.1, 0.15) is 0 Å². The molecule has 0 spiro atoms. The highest BCUT2D eigenvalue weighted by atomic mass is 16.3. The molecule has 1 atom stereocenters. The summed E-state index contributed by atoms with van der Waals surface area (Å²) < 4.78 is 5.76. The van der Waals surface area contributed by atoms with Crippen LogP contribution in [0.5, 0.6) is 0 Å². The van der Waals surface area contributed by atoms with E-state index in [9.17, 15) is 4.79 Å². The van der Waals surface area contributed by atoms with Crippen LogP contribution < -0.4 is 0 Å². The molecule has 0 radical (unpaired) electrons. The zero-order valence-electron chi connectivity index (χ0n) is 13.1. The Morgan fingerprint density at radius 1 is 1.18 bits per heavy atom. The standard InChI is InChI=1S/C17H23N3O2/c1-18-6-8-19(9-7-18)15-12-14(20-5-2-3-16(20)21)11-13-4-10-22-17(13)15/h4,10,12,14H,2-3,5-9,11H2,1H3. The third kappa shape index (κ3) is 2.33. The summed E-state index contributed by atoms with van der Waals surface area (Å²) in [6.45, 7) is 5.07. The molecule has 1 aliphatic carbocycles. The number of furan rings is 1. The van der Waals surface area contributed by atoms with Crippen LogP contribution in [-0.2, 0) is 11.2 Å². The van der Waals surface area contributed by atoms with Crippen LogP contribution in [-0.4, -0.2) is 66.4 Å². The van der Waals surface area contributed by atoms with Gasteiger partial charge in [0.25, 0.3) is 0 Å². The van der Waals surface area contributed by atoms with Crippen LogP contribution in [0, 0.1) is 0 Å². The summed E-state index contributed by atoms with van der Waals surface area (Å²) in [4.78, 5) is 18.9. The van der Waals surface area contributed by atoms with Gasteiger partial charge in [0.05, 0.1) is 18.0 Å². The molecule has 2 saturated heterocycles. The SMILES string of the molecule is CN1CCN(C2=CC(N3CCCC3=O)Cc3ccoc32)CC1. The zero-order chi connectivity index (χ0) is 15.1. The summed E-state index contributed by atoms with van der Waals surface area (Å²) in [7, 11) is 2.16. The Hall–Kier alpha value is -1.75. The molecule has 3 aliphatic rings. The van der Waals surface area contributed by atoms with Crippen molar-refractivity contribution in [2.24, 2.45) is 0 Å².